The number of H-pyrrole nitrogens is 1. The second-order valence-corrected chi connectivity index (χ2v) is 5.95. The molecule has 1 unspecified atom stereocenters. The molecule has 98 valence electrons. The highest BCUT2D eigenvalue weighted by atomic mass is 32.2. The first kappa shape index (κ1) is 14.3. The number of aliphatic hydroxyl groups excluding tert-OH is 1. The van der Waals surface area contributed by atoms with Gasteiger partial charge in [-0.15, -0.1) is 5.10 Å². The van der Waals surface area contributed by atoms with Crippen molar-refractivity contribution in [2.75, 3.05) is 12.3 Å². The van der Waals surface area contributed by atoms with Crippen molar-refractivity contribution in [2.24, 2.45) is 7.05 Å². The predicted molar refractivity (Wildman–Crippen MR) is 68.3 cm³/mol. The Morgan fingerprint density at radius 2 is 2.24 bits per heavy atom. The van der Waals surface area contributed by atoms with E-state index in [9.17, 15) is 9.90 Å². The van der Waals surface area contributed by atoms with Gasteiger partial charge >= 0.3 is 5.69 Å². The highest BCUT2D eigenvalue weighted by Crippen LogP contribution is 2.13. The average molecular weight is 260 g/mol. The summed E-state index contributed by atoms with van der Waals surface area (Å²) in [5, 5.41) is 19.8. The van der Waals surface area contributed by atoms with Crippen molar-refractivity contribution in [1.82, 2.24) is 20.1 Å². The van der Waals surface area contributed by atoms with Crippen LogP contribution in [0.5, 0.6) is 0 Å². The van der Waals surface area contributed by atoms with E-state index in [-0.39, 0.29) is 11.2 Å². The van der Waals surface area contributed by atoms with E-state index in [1.165, 1.54) is 16.3 Å². The number of rotatable bonds is 5. The van der Waals surface area contributed by atoms with Gasteiger partial charge in [0.15, 0.2) is 5.16 Å². The molecule has 0 aliphatic rings. The van der Waals surface area contributed by atoms with Gasteiger partial charge in [-0.3, -0.25) is 4.57 Å². The Bertz CT molecular complexity index is 407. The first-order valence-electron chi connectivity index (χ1n) is 5.47. The van der Waals surface area contributed by atoms with Gasteiger partial charge in [-0.1, -0.05) is 11.8 Å². The fourth-order valence-corrected chi connectivity index (χ4v) is 1.96. The molecule has 1 atom stereocenters. The normalized spacial score (nSPS) is 13.9. The maximum Gasteiger partial charge on any atom is 0.343 e. The van der Waals surface area contributed by atoms with Crippen LogP contribution in [0.3, 0.4) is 0 Å². The summed E-state index contributed by atoms with van der Waals surface area (Å²) < 4.78 is 1.43. The van der Waals surface area contributed by atoms with Crippen molar-refractivity contribution >= 4 is 11.8 Å². The molecule has 0 spiro atoms. The summed E-state index contributed by atoms with van der Waals surface area (Å²) in [6.45, 7) is 6.66. The lowest BCUT2D eigenvalue weighted by Gasteiger charge is -2.22. The lowest BCUT2D eigenvalue weighted by molar-refractivity contribution is 0.183. The Kier molecular flexibility index (Phi) is 4.79. The molecule has 7 heteroatoms. The molecular formula is C10H20N4O2S. The Morgan fingerprint density at radius 1 is 1.59 bits per heavy atom. The van der Waals surface area contributed by atoms with Gasteiger partial charge in [-0.2, -0.15) is 0 Å². The molecule has 0 aliphatic carbocycles. The summed E-state index contributed by atoms with van der Waals surface area (Å²) >= 11 is 1.36. The number of aromatic amines is 1. The highest BCUT2D eigenvalue weighted by Gasteiger charge is 2.13. The maximum atomic E-state index is 11.1. The fourth-order valence-electron chi connectivity index (χ4n) is 1.12. The Balaban J connectivity index is 2.36. The van der Waals surface area contributed by atoms with Crippen molar-refractivity contribution < 1.29 is 5.11 Å². The van der Waals surface area contributed by atoms with Crippen LogP contribution in [0.25, 0.3) is 0 Å². The number of nitrogens with one attached hydrogen (secondary N) is 2. The topological polar surface area (TPSA) is 82.9 Å². The van der Waals surface area contributed by atoms with E-state index in [4.69, 9.17) is 0 Å². The second kappa shape index (κ2) is 5.70. The Labute approximate surface area is 105 Å². The van der Waals surface area contributed by atoms with Crippen LogP contribution in [0.1, 0.15) is 20.8 Å². The number of β-amino-alcohol motifs (C(OH)–C–C–N with tert-alkyl or cyclic N) is 1. The summed E-state index contributed by atoms with van der Waals surface area (Å²) in [7, 11) is 1.65. The number of hydrogen-bond acceptors (Lipinski definition) is 5. The summed E-state index contributed by atoms with van der Waals surface area (Å²) in [4.78, 5) is 11.1. The highest BCUT2D eigenvalue weighted by molar-refractivity contribution is 7.99. The zero-order valence-electron chi connectivity index (χ0n) is 10.6. The molecule has 1 rings (SSSR count). The molecule has 3 N–H and O–H groups in total. The number of thioether (sulfide) groups is 1. The summed E-state index contributed by atoms with van der Waals surface area (Å²) in [5.41, 5.74) is -0.250. The number of aliphatic hydroxyl groups is 1. The van der Waals surface area contributed by atoms with Gasteiger partial charge in [-0.25, -0.2) is 9.89 Å². The fraction of sp³-hybridized carbons (Fsp3) is 0.800. The molecule has 6 nitrogen and oxygen atoms in total. The van der Waals surface area contributed by atoms with E-state index >= 15 is 0 Å². The van der Waals surface area contributed by atoms with Crippen LogP contribution >= 0.6 is 11.8 Å². The predicted octanol–water partition coefficient (Wildman–Crippen LogP) is -0.0505. The third kappa shape index (κ3) is 4.93. The van der Waals surface area contributed by atoms with E-state index in [1.807, 2.05) is 20.8 Å². The van der Waals surface area contributed by atoms with Gasteiger partial charge < -0.3 is 10.4 Å². The largest absolute Gasteiger partial charge is 0.391 e. The standard InChI is InChI=1S/C10H20N4O2S/c1-10(2,3)11-5-7(15)6-17-9-13-12-8(16)14(9)4/h7,11,15H,5-6H2,1-4H3,(H,12,16). The smallest absolute Gasteiger partial charge is 0.343 e. The molecule has 0 saturated heterocycles. The lowest BCUT2D eigenvalue weighted by Crippen LogP contribution is -2.41. The van der Waals surface area contributed by atoms with E-state index in [1.54, 1.807) is 7.05 Å². The van der Waals surface area contributed by atoms with Crippen LogP contribution in [0.4, 0.5) is 0 Å². The Morgan fingerprint density at radius 3 is 2.71 bits per heavy atom. The van der Waals surface area contributed by atoms with Gasteiger partial charge in [0.25, 0.3) is 0 Å². The molecule has 1 aromatic heterocycles. The van der Waals surface area contributed by atoms with Crippen molar-refractivity contribution in [3.63, 3.8) is 0 Å². The number of nitrogens with zero attached hydrogens (tertiary/aromatic N) is 2. The minimum absolute atomic E-state index is 0.00909. The zero-order valence-corrected chi connectivity index (χ0v) is 11.5. The summed E-state index contributed by atoms with van der Waals surface area (Å²) in [5.74, 6) is 0.501. The van der Waals surface area contributed by atoms with Crippen LogP contribution in [-0.2, 0) is 7.05 Å². The lowest BCUT2D eigenvalue weighted by atomic mass is 10.1. The summed E-state index contributed by atoms with van der Waals surface area (Å²) in [6, 6.07) is 0. The van der Waals surface area contributed by atoms with Crippen molar-refractivity contribution in [1.29, 1.82) is 0 Å². The van der Waals surface area contributed by atoms with Gasteiger partial charge in [0.1, 0.15) is 0 Å². The van der Waals surface area contributed by atoms with E-state index in [0.717, 1.165) is 0 Å². The van der Waals surface area contributed by atoms with Gasteiger partial charge in [0.2, 0.25) is 0 Å². The first-order valence-corrected chi connectivity index (χ1v) is 6.45. The molecule has 0 aromatic carbocycles. The van der Waals surface area contributed by atoms with Crippen molar-refractivity contribution in [3.05, 3.63) is 10.5 Å². The van der Waals surface area contributed by atoms with Gasteiger partial charge in [0.05, 0.1) is 6.10 Å². The molecule has 1 aromatic rings. The van der Waals surface area contributed by atoms with Crippen LogP contribution in [0.15, 0.2) is 9.95 Å². The molecular weight excluding hydrogens is 240 g/mol. The third-order valence-electron chi connectivity index (χ3n) is 2.11. The molecule has 0 fully saturated rings. The third-order valence-corrected chi connectivity index (χ3v) is 3.29. The quantitative estimate of drug-likeness (QED) is 0.647. The van der Waals surface area contributed by atoms with Crippen LogP contribution in [-0.4, -0.2) is 43.8 Å². The zero-order chi connectivity index (χ0) is 13.1. The molecule has 0 bridgehead atoms. The van der Waals surface area contributed by atoms with E-state index in [2.05, 4.69) is 15.5 Å². The minimum atomic E-state index is -0.467. The van der Waals surface area contributed by atoms with Crippen molar-refractivity contribution in [2.45, 2.75) is 37.6 Å². The van der Waals surface area contributed by atoms with Gasteiger partial charge in [-0.05, 0) is 20.8 Å². The molecule has 0 saturated carbocycles. The van der Waals surface area contributed by atoms with Gasteiger partial charge in [0, 0.05) is 24.9 Å². The maximum absolute atomic E-state index is 11.1. The molecule has 0 amide bonds. The number of hydrogen-bond donors (Lipinski definition) is 3. The van der Waals surface area contributed by atoms with E-state index < -0.39 is 6.10 Å². The van der Waals surface area contributed by atoms with Crippen molar-refractivity contribution in [3.8, 4) is 0 Å². The SMILES string of the molecule is Cn1c(SCC(O)CNC(C)(C)C)n[nH]c1=O. The minimum Gasteiger partial charge on any atom is -0.391 e. The van der Waals surface area contributed by atoms with Crippen LogP contribution in [0, 0.1) is 0 Å². The molecule has 1 heterocycles. The van der Waals surface area contributed by atoms with E-state index in [0.29, 0.717) is 17.5 Å². The summed E-state index contributed by atoms with van der Waals surface area (Å²) in [6.07, 6.45) is -0.467. The molecule has 17 heavy (non-hydrogen) atoms. The Hall–Kier alpha value is -0.790. The first-order chi connectivity index (χ1) is 7.79. The van der Waals surface area contributed by atoms with Crippen LogP contribution in [0.2, 0.25) is 0 Å². The second-order valence-electron chi connectivity index (χ2n) is 4.97. The molecule has 0 radical (unpaired) electrons. The average Bonchev–Trinajstić information content (AvgIpc) is 2.53. The molecule has 0 aliphatic heterocycles. The monoisotopic (exact) mass is 260 g/mol. The number of aromatic nitrogens is 3. The van der Waals surface area contributed by atoms with Crippen LogP contribution < -0.4 is 11.0 Å².